The average molecular weight is 324 g/mol. The monoisotopic (exact) mass is 324 g/mol. The molecule has 4 nitrogen and oxygen atoms in total. The Bertz CT molecular complexity index is 755. The smallest absolute Gasteiger partial charge is 0.246 e. The van der Waals surface area contributed by atoms with Crippen LogP contribution in [0, 0.1) is 20.8 Å². The van der Waals surface area contributed by atoms with E-state index in [1.54, 1.807) is 0 Å². The van der Waals surface area contributed by atoms with Crippen molar-refractivity contribution in [2.24, 2.45) is 0 Å². The van der Waals surface area contributed by atoms with Gasteiger partial charge in [0.2, 0.25) is 5.91 Å². The quantitative estimate of drug-likeness (QED) is 0.850. The Morgan fingerprint density at radius 1 is 1.12 bits per heavy atom. The first-order valence-electron chi connectivity index (χ1n) is 8.39. The molecule has 0 aliphatic carbocycles. The van der Waals surface area contributed by atoms with Gasteiger partial charge >= 0.3 is 0 Å². The fourth-order valence-corrected chi connectivity index (χ4v) is 2.93. The fourth-order valence-electron chi connectivity index (χ4n) is 2.93. The number of benzene rings is 2. The molecule has 0 saturated carbocycles. The molecule has 2 aromatic rings. The van der Waals surface area contributed by atoms with Crippen LogP contribution in [0.25, 0.3) is 0 Å². The van der Waals surface area contributed by atoms with Gasteiger partial charge in [-0.05, 0) is 68.1 Å². The summed E-state index contributed by atoms with van der Waals surface area (Å²) in [6.45, 7) is 7.84. The van der Waals surface area contributed by atoms with Crippen LogP contribution in [0.3, 0.4) is 0 Å². The molecule has 0 atom stereocenters. The highest BCUT2D eigenvalue weighted by Crippen LogP contribution is 2.32. The predicted octanol–water partition coefficient (Wildman–Crippen LogP) is 3.84. The van der Waals surface area contributed by atoms with E-state index in [2.05, 4.69) is 31.3 Å². The van der Waals surface area contributed by atoms with E-state index in [-0.39, 0.29) is 5.91 Å². The standard InChI is InChI=1S/C20H24N2O2/c1-14-6-4-7-17(10-14)24-9-5-8-22-19-12-16(3)15(2)11-18(19)21-13-20(22)23/h4,6-7,10-12,21H,5,8-9,13H2,1-3H3. The number of carbonyl (C=O) groups is 1. The van der Waals surface area contributed by atoms with Crippen molar-refractivity contribution in [2.75, 3.05) is 29.9 Å². The molecule has 1 amide bonds. The van der Waals surface area contributed by atoms with Gasteiger partial charge in [-0.1, -0.05) is 12.1 Å². The van der Waals surface area contributed by atoms with Crippen LogP contribution < -0.4 is 15.0 Å². The molecule has 3 rings (SSSR count). The summed E-state index contributed by atoms with van der Waals surface area (Å²) in [5, 5.41) is 3.21. The molecule has 1 aliphatic heterocycles. The summed E-state index contributed by atoms with van der Waals surface area (Å²) in [4.78, 5) is 14.2. The highest BCUT2D eigenvalue weighted by molar-refractivity contribution is 6.02. The van der Waals surface area contributed by atoms with Crippen LogP contribution in [-0.2, 0) is 4.79 Å². The molecule has 0 radical (unpaired) electrons. The minimum absolute atomic E-state index is 0.112. The first-order valence-corrected chi connectivity index (χ1v) is 8.39. The van der Waals surface area contributed by atoms with Gasteiger partial charge in [0.05, 0.1) is 24.5 Å². The number of anilines is 2. The Hall–Kier alpha value is -2.49. The molecule has 24 heavy (non-hydrogen) atoms. The maximum absolute atomic E-state index is 12.3. The second-order valence-corrected chi connectivity index (χ2v) is 6.37. The van der Waals surface area contributed by atoms with Gasteiger partial charge in [0.25, 0.3) is 0 Å². The van der Waals surface area contributed by atoms with Crippen molar-refractivity contribution in [3.8, 4) is 5.75 Å². The zero-order chi connectivity index (χ0) is 17.1. The Morgan fingerprint density at radius 3 is 2.71 bits per heavy atom. The van der Waals surface area contributed by atoms with E-state index in [0.29, 0.717) is 19.7 Å². The van der Waals surface area contributed by atoms with Crippen LogP contribution in [0.2, 0.25) is 0 Å². The van der Waals surface area contributed by atoms with E-state index < -0.39 is 0 Å². The first-order chi connectivity index (χ1) is 11.5. The van der Waals surface area contributed by atoms with Gasteiger partial charge in [0, 0.05) is 6.54 Å². The maximum atomic E-state index is 12.3. The van der Waals surface area contributed by atoms with Crippen molar-refractivity contribution in [3.05, 3.63) is 53.1 Å². The molecule has 126 valence electrons. The highest BCUT2D eigenvalue weighted by atomic mass is 16.5. The van der Waals surface area contributed by atoms with Gasteiger partial charge in [0.1, 0.15) is 5.75 Å². The van der Waals surface area contributed by atoms with Crippen LogP contribution in [0.4, 0.5) is 11.4 Å². The Morgan fingerprint density at radius 2 is 1.92 bits per heavy atom. The van der Waals surface area contributed by atoms with Gasteiger partial charge in [-0.15, -0.1) is 0 Å². The molecule has 0 spiro atoms. The molecule has 1 N–H and O–H groups in total. The minimum atomic E-state index is 0.112. The molecule has 1 heterocycles. The summed E-state index contributed by atoms with van der Waals surface area (Å²) in [5.41, 5.74) is 5.64. The number of amides is 1. The third-order valence-electron chi connectivity index (χ3n) is 4.42. The summed E-state index contributed by atoms with van der Waals surface area (Å²) in [6, 6.07) is 12.2. The summed E-state index contributed by atoms with van der Waals surface area (Å²) in [5.74, 6) is 0.995. The van der Waals surface area contributed by atoms with Crippen molar-refractivity contribution in [2.45, 2.75) is 27.2 Å². The molecule has 0 aromatic heterocycles. The Kier molecular flexibility index (Phi) is 4.74. The number of hydrogen-bond donors (Lipinski definition) is 1. The number of nitrogens with zero attached hydrogens (tertiary/aromatic N) is 1. The maximum Gasteiger partial charge on any atom is 0.246 e. The zero-order valence-electron chi connectivity index (χ0n) is 14.6. The normalized spacial score (nSPS) is 13.5. The SMILES string of the molecule is Cc1cccc(OCCCN2C(=O)CNc3cc(C)c(C)cc32)c1. The zero-order valence-corrected chi connectivity index (χ0v) is 14.6. The number of carbonyl (C=O) groups excluding carboxylic acids is 1. The summed E-state index contributed by atoms with van der Waals surface area (Å²) < 4.78 is 5.79. The third-order valence-corrected chi connectivity index (χ3v) is 4.42. The van der Waals surface area contributed by atoms with Crippen molar-refractivity contribution >= 4 is 17.3 Å². The van der Waals surface area contributed by atoms with Crippen molar-refractivity contribution < 1.29 is 9.53 Å². The highest BCUT2D eigenvalue weighted by Gasteiger charge is 2.24. The molecule has 0 bridgehead atoms. The lowest BCUT2D eigenvalue weighted by molar-refractivity contribution is -0.117. The van der Waals surface area contributed by atoms with E-state index >= 15 is 0 Å². The van der Waals surface area contributed by atoms with E-state index in [0.717, 1.165) is 23.5 Å². The lowest BCUT2D eigenvalue weighted by atomic mass is 10.1. The van der Waals surface area contributed by atoms with Gasteiger partial charge < -0.3 is 15.0 Å². The number of ether oxygens (including phenoxy) is 1. The van der Waals surface area contributed by atoms with E-state index in [1.807, 2.05) is 36.1 Å². The van der Waals surface area contributed by atoms with Crippen LogP contribution in [0.1, 0.15) is 23.1 Å². The molecule has 4 heteroatoms. The van der Waals surface area contributed by atoms with Gasteiger partial charge in [-0.25, -0.2) is 0 Å². The van der Waals surface area contributed by atoms with Gasteiger partial charge in [-0.2, -0.15) is 0 Å². The third kappa shape index (κ3) is 3.53. The molecule has 0 saturated heterocycles. The number of rotatable bonds is 5. The van der Waals surface area contributed by atoms with Gasteiger partial charge in [0.15, 0.2) is 0 Å². The van der Waals surface area contributed by atoms with Crippen molar-refractivity contribution in [1.82, 2.24) is 0 Å². The largest absolute Gasteiger partial charge is 0.494 e. The lowest BCUT2D eigenvalue weighted by Crippen LogP contribution is -2.41. The predicted molar refractivity (Wildman–Crippen MR) is 98.0 cm³/mol. The molecule has 2 aromatic carbocycles. The van der Waals surface area contributed by atoms with Crippen LogP contribution >= 0.6 is 0 Å². The molecular formula is C20H24N2O2. The molecule has 0 fully saturated rings. The second-order valence-electron chi connectivity index (χ2n) is 6.37. The van der Waals surface area contributed by atoms with E-state index in [9.17, 15) is 4.79 Å². The summed E-state index contributed by atoms with van der Waals surface area (Å²) in [7, 11) is 0. The van der Waals surface area contributed by atoms with E-state index in [1.165, 1.54) is 16.7 Å². The Labute approximate surface area is 143 Å². The minimum Gasteiger partial charge on any atom is -0.494 e. The van der Waals surface area contributed by atoms with Gasteiger partial charge in [-0.3, -0.25) is 4.79 Å². The van der Waals surface area contributed by atoms with Crippen molar-refractivity contribution in [1.29, 1.82) is 0 Å². The van der Waals surface area contributed by atoms with Crippen LogP contribution in [0.5, 0.6) is 5.75 Å². The Balaban J connectivity index is 1.63. The average Bonchev–Trinajstić information content (AvgIpc) is 2.55. The summed E-state index contributed by atoms with van der Waals surface area (Å²) >= 11 is 0. The molecule has 0 unspecified atom stereocenters. The lowest BCUT2D eigenvalue weighted by Gasteiger charge is -2.31. The molecular weight excluding hydrogens is 300 g/mol. The second kappa shape index (κ2) is 6.95. The first kappa shape index (κ1) is 16.4. The summed E-state index contributed by atoms with van der Waals surface area (Å²) in [6.07, 6.45) is 0.798. The fraction of sp³-hybridized carbons (Fsp3) is 0.350. The topological polar surface area (TPSA) is 41.6 Å². The number of aryl methyl sites for hydroxylation is 3. The van der Waals surface area contributed by atoms with Crippen molar-refractivity contribution in [3.63, 3.8) is 0 Å². The number of fused-ring (bicyclic) bond motifs is 1. The molecule has 1 aliphatic rings. The number of nitrogens with one attached hydrogen (secondary N) is 1. The van der Waals surface area contributed by atoms with E-state index in [4.69, 9.17) is 4.74 Å². The number of hydrogen-bond acceptors (Lipinski definition) is 3. The van der Waals surface area contributed by atoms with Crippen LogP contribution in [0.15, 0.2) is 36.4 Å². The van der Waals surface area contributed by atoms with Crippen LogP contribution in [-0.4, -0.2) is 25.6 Å².